The predicted molar refractivity (Wildman–Crippen MR) is 168 cm³/mol. The molecule has 10 heteroatoms. The minimum Gasteiger partial charge on any atom is -0.352 e. The molecule has 0 bridgehead atoms. The first kappa shape index (κ1) is 31.9. The van der Waals surface area contributed by atoms with Gasteiger partial charge in [-0.3, -0.25) is 13.9 Å². The molecule has 1 fully saturated rings. The molecule has 7 nitrogen and oxygen atoms in total. The van der Waals surface area contributed by atoms with Gasteiger partial charge in [0.05, 0.1) is 20.6 Å². The highest BCUT2D eigenvalue weighted by molar-refractivity contribution is 7.92. The quantitative estimate of drug-likeness (QED) is 0.258. The third-order valence-corrected chi connectivity index (χ3v) is 10.2. The summed E-state index contributed by atoms with van der Waals surface area (Å²) in [5.74, 6) is -0.792. The van der Waals surface area contributed by atoms with E-state index in [1.165, 1.54) is 17.0 Å². The standard InChI is InChI=1S/C32H37Cl2N3O4S/c1-3-25-12-10-11-17-30(25)37(42(40,41)27-15-8-5-9-16-27)22-31(38)36(21-24-18-19-28(33)29(34)20-24)23(2)32(39)35-26-13-6-4-7-14-26/h5,8-12,15-20,23,26H,3-4,6-7,13-14,21-22H2,1-2H3,(H,35,39). The lowest BCUT2D eigenvalue weighted by Gasteiger charge is -2.33. The first-order valence-electron chi connectivity index (χ1n) is 14.3. The van der Waals surface area contributed by atoms with Crippen LogP contribution in [0.5, 0.6) is 0 Å². The molecule has 0 heterocycles. The summed E-state index contributed by atoms with van der Waals surface area (Å²) in [5.41, 5.74) is 1.87. The van der Waals surface area contributed by atoms with Gasteiger partial charge >= 0.3 is 0 Å². The van der Waals surface area contributed by atoms with Crippen molar-refractivity contribution < 1.29 is 18.0 Å². The van der Waals surface area contributed by atoms with Crippen molar-refractivity contribution in [1.29, 1.82) is 0 Å². The number of carbonyl (C=O) groups is 2. The Labute approximate surface area is 258 Å². The number of amides is 2. The zero-order valence-corrected chi connectivity index (χ0v) is 26.3. The highest BCUT2D eigenvalue weighted by Crippen LogP contribution is 2.29. The Morgan fingerprint density at radius 2 is 1.60 bits per heavy atom. The van der Waals surface area contributed by atoms with Gasteiger partial charge in [0.1, 0.15) is 12.6 Å². The van der Waals surface area contributed by atoms with Gasteiger partial charge in [0.25, 0.3) is 10.0 Å². The second kappa shape index (κ2) is 14.4. The smallest absolute Gasteiger partial charge is 0.264 e. The Morgan fingerprint density at radius 3 is 2.26 bits per heavy atom. The minimum atomic E-state index is -4.12. The first-order valence-corrected chi connectivity index (χ1v) is 16.5. The van der Waals surface area contributed by atoms with Gasteiger partial charge in [-0.05, 0) is 67.6 Å². The number of carbonyl (C=O) groups excluding carboxylic acids is 2. The van der Waals surface area contributed by atoms with Crippen LogP contribution in [0.25, 0.3) is 0 Å². The highest BCUT2D eigenvalue weighted by atomic mass is 35.5. The van der Waals surface area contributed by atoms with Crippen molar-refractivity contribution in [2.24, 2.45) is 0 Å². The molecule has 1 atom stereocenters. The van der Waals surface area contributed by atoms with Gasteiger partial charge in [0.2, 0.25) is 11.8 Å². The summed E-state index contributed by atoms with van der Waals surface area (Å²) in [6.45, 7) is 3.16. The molecule has 0 saturated heterocycles. The van der Waals surface area contributed by atoms with Crippen LogP contribution in [0.15, 0.2) is 77.7 Å². The van der Waals surface area contributed by atoms with Crippen LogP contribution in [0.1, 0.15) is 57.1 Å². The maximum Gasteiger partial charge on any atom is 0.264 e. The summed E-state index contributed by atoms with van der Waals surface area (Å²) in [4.78, 5) is 29.1. The molecule has 2 amide bonds. The van der Waals surface area contributed by atoms with Gasteiger partial charge in [-0.2, -0.15) is 0 Å². The molecule has 0 aromatic heterocycles. The Bertz CT molecular complexity index is 1490. The van der Waals surface area contributed by atoms with Crippen LogP contribution in [-0.2, 0) is 32.6 Å². The number of halogens is 2. The maximum absolute atomic E-state index is 14.2. The molecule has 0 aliphatic heterocycles. The SMILES string of the molecule is CCc1ccccc1N(CC(=O)N(Cc1ccc(Cl)c(Cl)c1)C(C)C(=O)NC1CCCCC1)S(=O)(=O)c1ccccc1. The average Bonchev–Trinajstić information content (AvgIpc) is 3.00. The van der Waals surface area contributed by atoms with E-state index in [0.29, 0.717) is 27.7 Å². The molecular weight excluding hydrogens is 593 g/mol. The third-order valence-electron chi connectivity index (χ3n) is 7.71. The lowest BCUT2D eigenvalue weighted by Crippen LogP contribution is -2.53. The number of hydrogen-bond donors (Lipinski definition) is 1. The molecule has 4 rings (SSSR count). The second-order valence-electron chi connectivity index (χ2n) is 10.6. The van der Waals surface area contributed by atoms with Crippen molar-refractivity contribution in [3.63, 3.8) is 0 Å². The molecule has 42 heavy (non-hydrogen) atoms. The normalized spacial score (nSPS) is 14.7. The van der Waals surface area contributed by atoms with Crippen LogP contribution in [-0.4, -0.2) is 43.8 Å². The molecule has 3 aromatic rings. The van der Waals surface area contributed by atoms with Gasteiger partial charge in [-0.25, -0.2) is 8.42 Å². The van der Waals surface area contributed by atoms with Gasteiger partial charge in [0.15, 0.2) is 0 Å². The predicted octanol–water partition coefficient (Wildman–Crippen LogP) is 6.62. The Hall–Kier alpha value is -3.07. The van der Waals surface area contributed by atoms with Crippen LogP contribution < -0.4 is 9.62 Å². The van der Waals surface area contributed by atoms with Crippen LogP contribution in [0.3, 0.4) is 0 Å². The van der Waals surface area contributed by atoms with Gasteiger partial charge in [0, 0.05) is 12.6 Å². The van der Waals surface area contributed by atoms with Crippen molar-refractivity contribution in [2.75, 3.05) is 10.8 Å². The van der Waals surface area contributed by atoms with Crippen LogP contribution >= 0.6 is 23.2 Å². The number of hydrogen-bond acceptors (Lipinski definition) is 4. The summed E-state index contributed by atoms with van der Waals surface area (Å²) in [6.07, 6.45) is 5.61. The van der Waals surface area contributed by atoms with Crippen LogP contribution in [0.2, 0.25) is 10.0 Å². The topological polar surface area (TPSA) is 86.8 Å². The molecule has 0 spiro atoms. The minimum absolute atomic E-state index is 0.0453. The van der Waals surface area contributed by atoms with Gasteiger partial charge < -0.3 is 10.2 Å². The zero-order chi connectivity index (χ0) is 30.3. The number of nitrogens with zero attached hydrogens (tertiary/aromatic N) is 2. The fraction of sp³-hybridized carbons (Fsp3) is 0.375. The van der Waals surface area contributed by atoms with Gasteiger partial charge in [-0.1, -0.05) is 91.9 Å². The maximum atomic E-state index is 14.2. The molecule has 1 unspecified atom stereocenters. The van der Waals surface area contributed by atoms with Crippen molar-refractivity contribution in [3.05, 3.63) is 94.0 Å². The number of aryl methyl sites for hydroxylation is 1. The fourth-order valence-corrected chi connectivity index (χ4v) is 7.07. The number of anilines is 1. The molecule has 224 valence electrons. The lowest BCUT2D eigenvalue weighted by molar-refractivity contribution is -0.139. The van der Waals surface area contributed by atoms with Crippen LogP contribution in [0, 0.1) is 0 Å². The van der Waals surface area contributed by atoms with E-state index in [-0.39, 0.29) is 23.4 Å². The molecule has 1 N–H and O–H groups in total. The zero-order valence-electron chi connectivity index (χ0n) is 23.9. The molecular formula is C32H37Cl2N3O4S. The van der Waals surface area contributed by atoms with E-state index in [9.17, 15) is 18.0 Å². The fourth-order valence-electron chi connectivity index (χ4n) is 5.27. The number of nitrogens with one attached hydrogen (secondary N) is 1. The van der Waals surface area contributed by atoms with Crippen molar-refractivity contribution in [3.8, 4) is 0 Å². The van der Waals surface area contributed by atoms with E-state index >= 15 is 0 Å². The van der Waals surface area contributed by atoms with Crippen molar-refractivity contribution >= 4 is 50.7 Å². The van der Waals surface area contributed by atoms with E-state index in [1.54, 1.807) is 55.5 Å². The van der Waals surface area contributed by atoms with Gasteiger partial charge in [-0.15, -0.1) is 0 Å². The van der Waals surface area contributed by atoms with Crippen molar-refractivity contribution in [2.45, 2.75) is 75.9 Å². The average molecular weight is 631 g/mol. The number of rotatable bonds is 11. The number of sulfonamides is 1. The Morgan fingerprint density at radius 1 is 0.929 bits per heavy atom. The summed E-state index contributed by atoms with van der Waals surface area (Å²) in [6, 6.07) is 19.4. The summed E-state index contributed by atoms with van der Waals surface area (Å²) < 4.78 is 29.2. The van der Waals surface area contributed by atoms with E-state index < -0.39 is 28.5 Å². The molecule has 1 saturated carbocycles. The number of para-hydroxylation sites is 1. The number of benzene rings is 3. The monoisotopic (exact) mass is 629 g/mol. The summed E-state index contributed by atoms with van der Waals surface area (Å²) in [5, 5.41) is 3.81. The Kier molecular flexibility index (Phi) is 10.9. The highest BCUT2D eigenvalue weighted by Gasteiger charge is 2.34. The Balaban J connectivity index is 1.71. The van der Waals surface area contributed by atoms with E-state index in [1.807, 2.05) is 19.1 Å². The lowest BCUT2D eigenvalue weighted by atomic mass is 9.95. The molecule has 0 radical (unpaired) electrons. The second-order valence-corrected chi connectivity index (χ2v) is 13.3. The molecule has 1 aliphatic rings. The van der Waals surface area contributed by atoms with E-state index in [4.69, 9.17) is 23.2 Å². The van der Waals surface area contributed by atoms with E-state index in [2.05, 4.69) is 5.32 Å². The van der Waals surface area contributed by atoms with Crippen LogP contribution in [0.4, 0.5) is 5.69 Å². The first-order chi connectivity index (χ1) is 20.1. The van der Waals surface area contributed by atoms with E-state index in [0.717, 1.165) is 42.0 Å². The molecule has 3 aromatic carbocycles. The summed E-state index contributed by atoms with van der Waals surface area (Å²) >= 11 is 12.4. The molecule has 1 aliphatic carbocycles. The summed E-state index contributed by atoms with van der Waals surface area (Å²) in [7, 11) is -4.12. The third kappa shape index (κ3) is 7.65. The largest absolute Gasteiger partial charge is 0.352 e. The van der Waals surface area contributed by atoms with Crippen molar-refractivity contribution in [1.82, 2.24) is 10.2 Å².